The molecule has 0 aromatic heterocycles. The summed E-state index contributed by atoms with van der Waals surface area (Å²) in [4.78, 5) is 13.6. The Morgan fingerprint density at radius 3 is 2.67 bits per heavy atom. The molecule has 2 aliphatic rings. The summed E-state index contributed by atoms with van der Waals surface area (Å²) in [6.07, 6.45) is 8.96. The van der Waals surface area contributed by atoms with E-state index in [1.165, 1.54) is 45.1 Å². The Morgan fingerprint density at radius 1 is 1.24 bits per heavy atom. The van der Waals surface area contributed by atoms with E-state index in [2.05, 4.69) is 25.7 Å². The summed E-state index contributed by atoms with van der Waals surface area (Å²) in [5, 5.41) is 9.00. The minimum atomic E-state index is -0.641. The number of aliphatic carboxylic acids is 1. The van der Waals surface area contributed by atoms with E-state index < -0.39 is 5.97 Å². The second-order valence-corrected chi connectivity index (χ2v) is 7.71. The molecule has 3 heteroatoms. The molecule has 0 bridgehead atoms. The van der Waals surface area contributed by atoms with Gasteiger partial charge in [0.1, 0.15) is 0 Å². The fourth-order valence-corrected chi connectivity index (χ4v) is 4.59. The number of carbonyl (C=O) groups is 1. The number of nitrogens with zero attached hydrogens (tertiary/aromatic N) is 1. The number of hydrogen-bond acceptors (Lipinski definition) is 2. The van der Waals surface area contributed by atoms with Crippen molar-refractivity contribution < 1.29 is 9.90 Å². The number of carboxylic acids is 1. The molecule has 122 valence electrons. The lowest BCUT2D eigenvalue weighted by Gasteiger charge is -2.49. The van der Waals surface area contributed by atoms with Crippen molar-refractivity contribution in [2.45, 2.75) is 84.2 Å². The Morgan fingerprint density at radius 2 is 2.00 bits per heavy atom. The van der Waals surface area contributed by atoms with Crippen molar-refractivity contribution >= 4 is 5.97 Å². The van der Waals surface area contributed by atoms with E-state index >= 15 is 0 Å². The monoisotopic (exact) mass is 295 g/mol. The lowest BCUT2D eigenvalue weighted by Crippen LogP contribution is -2.52. The third kappa shape index (κ3) is 4.45. The zero-order valence-electron chi connectivity index (χ0n) is 14.1. The van der Waals surface area contributed by atoms with Gasteiger partial charge < -0.3 is 5.11 Å². The molecule has 0 aromatic rings. The average Bonchev–Trinajstić information content (AvgIpc) is 2.45. The molecular formula is C18H33NO2. The van der Waals surface area contributed by atoms with Crippen LogP contribution < -0.4 is 0 Å². The van der Waals surface area contributed by atoms with Crippen LogP contribution in [0.3, 0.4) is 0 Å². The summed E-state index contributed by atoms with van der Waals surface area (Å²) >= 11 is 0. The molecule has 1 heterocycles. The molecule has 1 N–H and O–H groups in total. The van der Waals surface area contributed by atoms with Gasteiger partial charge in [0.25, 0.3) is 0 Å². The lowest BCUT2D eigenvalue weighted by atomic mass is 9.72. The maximum Gasteiger partial charge on any atom is 0.303 e. The number of piperidine rings is 1. The van der Waals surface area contributed by atoms with E-state index in [1.54, 1.807) is 0 Å². The fourth-order valence-electron chi connectivity index (χ4n) is 4.59. The molecule has 2 fully saturated rings. The molecule has 21 heavy (non-hydrogen) atoms. The molecule has 1 aliphatic heterocycles. The molecule has 4 unspecified atom stereocenters. The van der Waals surface area contributed by atoms with Crippen LogP contribution in [-0.4, -0.2) is 34.6 Å². The molecule has 0 aromatic carbocycles. The van der Waals surface area contributed by atoms with Crippen LogP contribution in [0.1, 0.15) is 72.1 Å². The highest BCUT2D eigenvalue weighted by molar-refractivity contribution is 5.66. The van der Waals surface area contributed by atoms with Crippen LogP contribution in [0.25, 0.3) is 0 Å². The van der Waals surface area contributed by atoms with Crippen LogP contribution in [0.4, 0.5) is 0 Å². The van der Waals surface area contributed by atoms with Crippen LogP contribution in [0, 0.1) is 17.8 Å². The number of rotatable bonds is 5. The normalized spacial score (nSPS) is 35.0. The number of likely N-dealkylation sites (tertiary alicyclic amines) is 1. The van der Waals surface area contributed by atoms with Crippen molar-refractivity contribution in [3.63, 3.8) is 0 Å². The zero-order valence-corrected chi connectivity index (χ0v) is 14.1. The van der Waals surface area contributed by atoms with Crippen LogP contribution >= 0.6 is 0 Å². The Kier molecular flexibility index (Phi) is 6.09. The topological polar surface area (TPSA) is 40.5 Å². The van der Waals surface area contributed by atoms with Gasteiger partial charge in [0.05, 0.1) is 0 Å². The quantitative estimate of drug-likeness (QED) is 0.827. The average molecular weight is 295 g/mol. The minimum absolute atomic E-state index is 0.329. The highest BCUT2D eigenvalue weighted by atomic mass is 16.4. The third-order valence-corrected chi connectivity index (χ3v) is 5.78. The third-order valence-electron chi connectivity index (χ3n) is 5.78. The number of hydrogen-bond donors (Lipinski definition) is 1. The molecule has 1 saturated heterocycles. The molecule has 0 amide bonds. The van der Waals surface area contributed by atoms with Gasteiger partial charge in [0.2, 0.25) is 0 Å². The molecule has 4 atom stereocenters. The standard InChI is InChI=1S/C18H33NO2/c1-13(2)16-9-7-14(3)12-17(16)19-11-5-4-6-15(19)8-10-18(20)21/h13-17H,4-12H2,1-3H3,(H,20,21). The van der Waals surface area contributed by atoms with Crippen molar-refractivity contribution in [2.75, 3.05) is 6.54 Å². The summed E-state index contributed by atoms with van der Waals surface area (Å²) in [6.45, 7) is 8.30. The second-order valence-electron chi connectivity index (χ2n) is 7.71. The highest BCUT2D eigenvalue weighted by Gasteiger charge is 2.38. The van der Waals surface area contributed by atoms with Crippen LogP contribution in [0.2, 0.25) is 0 Å². The predicted molar refractivity (Wildman–Crippen MR) is 86.3 cm³/mol. The van der Waals surface area contributed by atoms with Gasteiger partial charge in [0, 0.05) is 18.5 Å². The van der Waals surface area contributed by atoms with Gasteiger partial charge in [0.15, 0.2) is 0 Å². The second kappa shape index (κ2) is 7.62. The van der Waals surface area contributed by atoms with Crippen molar-refractivity contribution in [2.24, 2.45) is 17.8 Å². The summed E-state index contributed by atoms with van der Waals surface area (Å²) in [7, 11) is 0. The van der Waals surface area contributed by atoms with Crippen LogP contribution in [-0.2, 0) is 4.79 Å². The van der Waals surface area contributed by atoms with Crippen molar-refractivity contribution in [1.29, 1.82) is 0 Å². The molecular weight excluding hydrogens is 262 g/mol. The first-order valence-electron chi connectivity index (χ1n) is 8.96. The van der Waals surface area contributed by atoms with Gasteiger partial charge >= 0.3 is 5.97 Å². The number of carboxylic acid groups (broad SMARTS) is 1. The summed E-state index contributed by atoms with van der Waals surface area (Å²) < 4.78 is 0. The highest BCUT2D eigenvalue weighted by Crippen LogP contribution is 2.39. The van der Waals surface area contributed by atoms with E-state index in [-0.39, 0.29) is 0 Å². The molecule has 2 rings (SSSR count). The first-order chi connectivity index (χ1) is 9.99. The van der Waals surface area contributed by atoms with Gasteiger partial charge in [-0.25, -0.2) is 0 Å². The summed E-state index contributed by atoms with van der Waals surface area (Å²) in [5.74, 6) is 1.72. The summed E-state index contributed by atoms with van der Waals surface area (Å²) in [6, 6.07) is 1.19. The fraction of sp³-hybridized carbons (Fsp3) is 0.944. The van der Waals surface area contributed by atoms with E-state index in [0.29, 0.717) is 18.5 Å². The van der Waals surface area contributed by atoms with E-state index in [4.69, 9.17) is 5.11 Å². The maximum atomic E-state index is 10.9. The van der Waals surface area contributed by atoms with Gasteiger partial charge in [-0.15, -0.1) is 0 Å². The van der Waals surface area contributed by atoms with Crippen molar-refractivity contribution in [3.8, 4) is 0 Å². The maximum absolute atomic E-state index is 10.9. The van der Waals surface area contributed by atoms with E-state index in [0.717, 1.165) is 24.2 Å². The zero-order chi connectivity index (χ0) is 15.4. The Bertz CT molecular complexity index is 342. The van der Waals surface area contributed by atoms with Crippen molar-refractivity contribution in [3.05, 3.63) is 0 Å². The first-order valence-corrected chi connectivity index (χ1v) is 8.96. The largest absolute Gasteiger partial charge is 0.481 e. The Hall–Kier alpha value is -0.570. The first kappa shape index (κ1) is 16.8. The molecule has 0 radical (unpaired) electrons. The molecule has 3 nitrogen and oxygen atoms in total. The van der Waals surface area contributed by atoms with Gasteiger partial charge in [-0.2, -0.15) is 0 Å². The molecule has 0 spiro atoms. The van der Waals surface area contributed by atoms with Gasteiger partial charge in [-0.3, -0.25) is 9.69 Å². The van der Waals surface area contributed by atoms with Crippen LogP contribution in [0.15, 0.2) is 0 Å². The minimum Gasteiger partial charge on any atom is -0.481 e. The van der Waals surface area contributed by atoms with E-state index in [1.807, 2.05) is 0 Å². The smallest absolute Gasteiger partial charge is 0.303 e. The Labute approximate surface area is 130 Å². The molecule has 1 saturated carbocycles. The van der Waals surface area contributed by atoms with E-state index in [9.17, 15) is 4.79 Å². The van der Waals surface area contributed by atoms with Crippen molar-refractivity contribution in [1.82, 2.24) is 4.90 Å². The Balaban J connectivity index is 2.07. The summed E-state index contributed by atoms with van der Waals surface area (Å²) in [5.41, 5.74) is 0. The van der Waals surface area contributed by atoms with Gasteiger partial charge in [-0.1, -0.05) is 33.6 Å². The SMILES string of the molecule is CC1CCC(C(C)C)C(N2CCCCC2CCC(=O)O)C1. The van der Waals surface area contributed by atoms with Gasteiger partial charge in [-0.05, 0) is 56.4 Å². The predicted octanol–water partition coefficient (Wildman–Crippen LogP) is 4.17. The molecule has 1 aliphatic carbocycles. The van der Waals surface area contributed by atoms with Crippen LogP contribution in [0.5, 0.6) is 0 Å². The lowest BCUT2D eigenvalue weighted by molar-refractivity contribution is -0.137.